The molecule has 2 aromatic carbocycles. The number of methoxy groups -OCH3 is 2. The molecule has 4 atom stereocenters. The number of aromatic nitrogens is 4. The fourth-order valence-corrected chi connectivity index (χ4v) is 10.0. The molecule has 3 aromatic heterocycles. The van der Waals surface area contributed by atoms with E-state index in [1.807, 2.05) is 6.07 Å². The van der Waals surface area contributed by atoms with Gasteiger partial charge in [0.15, 0.2) is 0 Å². The van der Waals surface area contributed by atoms with Gasteiger partial charge in [-0.3, -0.25) is 14.4 Å². The van der Waals surface area contributed by atoms with E-state index in [1.165, 1.54) is 14.2 Å². The number of amides is 4. The van der Waals surface area contributed by atoms with E-state index in [2.05, 4.69) is 30.6 Å². The molecule has 9 rings (SSSR count). The van der Waals surface area contributed by atoms with Crippen molar-refractivity contribution in [2.24, 2.45) is 11.8 Å². The molecule has 4 saturated heterocycles. The van der Waals surface area contributed by atoms with Gasteiger partial charge in [-0.25, -0.2) is 19.6 Å². The van der Waals surface area contributed by atoms with Crippen molar-refractivity contribution in [2.45, 2.75) is 75.5 Å². The van der Waals surface area contributed by atoms with Gasteiger partial charge in [0.05, 0.1) is 65.9 Å². The molecule has 19 heteroatoms. The van der Waals surface area contributed by atoms with E-state index in [1.54, 1.807) is 46.5 Å². The second kappa shape index (κ2) is 18.6. The van der Waals surface area contributed by atoms with Gasteiger partial charge in [-0.05, 0) is 93.5 Å². The van der Waals surface area contributed by atoms with E-state index in [9.17, 15) is 24.0 Å². The summed E-state index contributed by atoms with van der Waals surface area (Å²) >= 11 is 6.89. The molecule has 0 aliphatic carbocycles. The molecule has 338 valence electrons. The summed E-state index contributed by atoms with van der Waals surface area (Å²) in [5.74, 6) is 0.649. The second-order valence-electron chi connectivity index (χ2n) is 16.8. The minimum atomic E-state index is -0.757. The molecule has 5 aromatic rings. The number of fused-ring (bicyclic) bond motifs is 2. The maximum absolute atomic E-state index is 14.1. The van der Waals surface area contributed by atoms with E-state index >= 15 is 0 Å². The molecular weight excluding hydrogens is 848 g/mol. The third kappa shape index (κ3) is 8.53. The van der Waals surface area contributed by atoms with Crippen LogP contribution in [0.5, 0.6) is 0 Å². The SMILES string of the molecule is COC(=O)N[C@H](C(=O)N1CCC[C@H]1c1ncc(-c2ccc3oc4cc(-c5cnc([C@@H]6CCCN6C(=O)[C@@H](NC(=O)OC)C6CCOCC6)[nH]5)c(Cl)cc4c(=O)c3c2)[nH]1)C1CCOCC1. The van der Waals surface area contributed by atoms with E-state index in [0.29, 0.717) is 139 Å². The molecule has 0 spiro atoms. The van der Waals surface area contributed by atoms with E-state index in [4.69, 9.17) is 35.0 Å². The number of H-pyrrole nitrogens is 2. The van der Waals surface area contributed by atoms with Gasteiger partial charge in [-0.1, -0.05) is 11.6 Å². The number of nitrogens with zero attached hydrogens (tertiary/aromatic N) is 4. The number of aromatic amines is 2. The number of rotatable bonds is 10. The minimum Gasteiger partial charge on any atom is -0.456 e. The summed E-state index contributed by atoms with van der Waals surface area (Å²) < 4.78 is 27.1. The zero-order chi connectivity index (χ0) is 44.5. The van der Waals surface area contributed by atoms with E-state index in [-0.39, 0.29) is 41.2 Å². The van der Waals surface area contributed by atoms with Crippen LogP contribution in [0.2, 0.25) is 5.02 Å². The number of alkyl carbamates (subject to hydrolysis) is 2. The summed E-state index contributed by atoms with van der Waals surface area (Å²) in [4.78, 5) is 86.5. The van der Waals surface area contributed by atoms with Crippen LogP contribution in [0.15, 0.2) is 51.9 Å². The molecule has 4 N–H and O–H groups in total. The van der Waals surface area contributed by atoms with Gasteiger partial charge in [0.1, 0.15) is 34.9 Å². The highest BCUT2D eigenvalue weighted by molar-refractivity contribution is 6.34. The summed E-state index contributed by atoms with van der Waals surface area (Å²) in [5, 5.41) is 6.52. The quantitative estimate of drug-likeness (QED) is 0.118. The lowest BCUT2D eigenvalue weighted by atomic mass is 9.90. The normalized spacial score (nSPS) is 20.7. The van der Waals surface area contributed by atoms with Gasteiger partial charge in [0.25, 0.3) is 0 Å². The Labute approximate surface area is 372 Å². The third-order valence-electron chi connectivity index (χ3n) is 13.2. The molecule has 64 heavy (non-hydrogen) atoms. The summed E-state index contributed by atoms with van der Waals surface area (Å²) in [6.07, 6.45) is 7.52. The minimum absolute atomic E-state index is 0.0820. The van der Waals surface area contributed by atoms with Crippen LogP contribution < -0.4 is 16.1 Å². The first kappa shape index (κ1) is 43.3. The van der Waals surface area contributed by atoms with Crippen LogP contribution in [0.3, 0.4) is 0 Å². The number of halogens is 1. The van der Waals surface area contributed by atoms with Gasteiger partial charge >= 0.3 is 12.2 Å². The van der Waals surface area contributed by atoms with Gasteiger partial charge in [0.2, 0.25) is 17.2 Å². The van der Waals surface area contributed by atoms with Crippen molar-refractivity contribution in [1.82, 2.24) is 40.4 Å². The first-order valence-electron chi connectivity index (χ1n) is 21.9. The van der Waals surface area contributed by atoms with Crippen molar-refractivity contribution in [3.63, 3.8) is 0 Å². The van der Waals surface area contributed by atoms with Crippen LogP contribution in [-0.2, 0) is 28.5 Å². The van der Waals surface area contributed by atoms with E-state index in [0.717, 1.165) is 12.8 Å². The number of nitrogens with one attached hydrogen (secondary N) is 4. The average Bonchev–Trinajstić information content (AvgIpc) is 4.18. The fourth-order valence-electron chi connectivity index (χ4n) is 9.76. The van der Waals surface area contributed by atoms with Crippen LogP contribution in [-0.4, -0.2) is 120 Å². The Morgan fingerprint density at radius 1 is 0.719 bits per heavy atom. The highest BCUT2D eigenvalue weighted by Gasteiger charge is 2.42. The number of benzene rings is 2. The Bertz CT molecular complexity index is 2620. The molecule has 0 radical (unpaired) electrons. The zero-order valence-electron chi connectivity index (χ0n) is 35.7. The molecule has 18 nitrogen and oxygen atoms in total. The number of hydrogen-bond acceptors (Lipinski definition) is 12. The third-order valence-corrected chi connectivity index (χ3v) is 13.5. The Morgan fingerprint density at radius 2 is 1.23 bits per heavy atom. The van der Waals surface area contributed by atoms with E-state index < -0.39 is 24.3 Å². The predicted octanol–water partition coefficient (Wildman–Crippen LogP) is 6.01. The van der Waals surface area contributed by atoms with Crippen molar-refractivity contribution < 1.29 is 42.5 Å². The summed E-state index contributed by atoms with van der Waals surface area (Å²) in [5.41, 5.74) is 2.97. The van der Waals surface area contributed by atoms with Crippen LogP contribution in [0.4, 0.5) is 9.59 Å². The van der Waals surface area contributed by atoms with Crippen molar-refractivity contribution in [3.8, 4) is 22.5 Å². The monoisotopic (exact) mass is 898 g/mol. The van der Waals surface area contributed by atoms with Crippen LogP contribution in [0.25, 0.3) is 44.5 Å². The lowest BCUT2D eigenvalue weighted by molar-refractivity contribution is -0.137. The fraction of sp³-hybridized carbons (Fsp3) is 0.489. The molecule has 7 heterocycles. The van der Waals surface area contributed by atoms with Crippen LogP contribution >= 0.6 is 11.6 Å². The van der Waals surface area contributed by atoms with Gasteiger partial charge in [-0.2, -0.15) is 0 Å². The number of carbonyl (C=O) groups excluding carboxylic acids is 4. The zero-order valence-corrected chi connectivity index (χ0v) is 36.4. The largest absolute Gasteiger partial charge is 0.456 e. The van der Waals surface area contributed by atoms with Crippen LogP contribution in [0, 0.1) is 11.8 Å². The summed E-state index contributed by atoms with van der Waals surface area (Å²) in [6.45, 7) is 3.10. The average molecular weight is 899 g/mol. The summed E-state index contributed by atoms with van der Waals surface area (Å²) in [6, 6.07) is 6.45. The Balaban J connectivity index is 0.942. The molecule has 0 unspecified atom stereocenters. The molecular formula is C45H51ClN8O10. The Hall–Kier alpha value is -5.98. The van der Waals surface area contributed by atoms with Crippen molar-refractivity contribution in [2.75, 3.05) is 53.7 Å². The lowest BCUT2D eigenvalue weighted by Crippen LogP contribution is -2.53. The number of carbonyl (C=O) groups is 4. The number of likely N-dealkylation sites (tertiary alicyclic amines) is 2. The Morgan fingerprint density at radius 3 is 1.78 bits per heavy atom. The standard InChI is InChI=1S/C45H51ClN8O10/c1-60-44(58)51-37(24-9-15-62-16-10-24)42(56)53-13-3-5-33(53)40-47-22-31(49-40)26-7-8-35-28(19-26)39(55)29-20-30(46)27(21-36(29)64-35)32-23-48-41(50-32)34-6-4-14-54(34)43(57)38(52-45(59)61-2)25-11-17-63-18-12-25/h7-8,19-25,33-34,37-38H,3-6,9-18H2,1-2H3,(H,47,49)(H,48,50)(H,51,58)(H,52,59)/t33-,34-,37-,38-/m0/s1. The highest BCUT2D eigenvalue weighted by Crippen LogP contribution is 2.38. The summed E-state index contributed by atoms with van der Waals surface area (Å²) in [7, 11) is 2.56. The number of ether oxygens (including phenoxy) is 4. The molecule has 4 aliphatic heterocycles. The molecule has 4 amide bonds. The molecule has 0 saturated carbocycles. The molecule has 0 bridgehead atoms. The van der Waals surface area contributed by atoms with Crippen molar-refractivity contribution in [3.05, 3.63) is 69.6 Å². The van der Waals surface area contributed by atoms with Gasteiger partial charge in [0, 0.05) is 50.6 Å². The van der Waals surface area contributed by atoms with Crippen molar-refractivity contribution >= 4 is 57.5 Å². The molecule has 4 aliphatic rings. The van der Waals surface area contributed by atoms with Crippen molar-refractivity contribution in [1.29, 1.82) is 0 Å². The van der Waals surface area contributed by atoms with Gasteiger partial charge < -0.3 is 53.8 Å². The first-order chi connectivity index (χ1) is 31.1. The predicted molar refractivity (Wildman–Crippen MR) is 233 cm³/mol. The number of imidazole rings is 2. The smallest absolute Gasteiger partial charge is 0.407 e. The molecule has 4 fully saturated rings. The second-order valence-corrected chi connectivity index (χ2v) is 17.2. The lowest BCUT2D eigenvalue weighted by Gasteiger charge is -2.34. The highest BCUT2D eigenvalue weighted by atomic mass is 35.5. The number of hydrogen-bond donors (Lipinski definition) is 4. The maximum Gasteiger partial charge on any atom is 0.407 e. The Kier molecular flexibility index (Phi) is 12.6. The van der Waals surface area contributed by atoms with Crippen LogP contribution in [0.1, 0.15) is 75.1 Å². The topological polar surface area (TPSA) is 223 Å². The van der Waals surface area contributed by atoms with Gasteiger partial charge in [-0.15, -0.1) is 0 Å². The maximum atomic E-state index is 14.1. The first-order valence-corrected chi connectivity index (χ1v) is 22.3.